The van der Waals surface area contributed by atoms with Gasteiger partial charge in [-0.1, -0.05) is 0 Å². The molecular formula is C43H67N3O34. The van der Waals surface area contributed by atoms with E-state index in [2.05, 4.69) is 16.0 Å². The van der Waals surface area contributed by atoms with Crippen LogP contribution in [-0.4, -0.2) is 328 Å². The van der Waals surface area contributed by atoms with Gasteiger partial charge in [-0.05, 0) is 0 Å². The minimum absolute atomic E-state index is 0.758. The van der Waals surface area contributed by atoms with Crippen LogP contribution in [0.15, 0.2) is 0 Å². The third kappa shape index (κ3) is 13.9. The predicted octanol–water partition coefficient (Wildman–Crippen LogP) is -12.7. The average Bonchev–Trinajstić information content (AvgIpc) is 3.47. The highest BCUT2D eigenvalue weighted by Crippen LogP contribution is 2.37. The smallest absolute Gasteiger partial charge is 0.335 e. The Labute approximate surface area is 450 Å². The lowest BCUT2D eigenvalue weighted by atomic mass is 9.93. The Morgan fingerprint density at radius 3 is 0.938 bits per heavy atom. The summed E-state index contributed by atoms with van der Waals surface area (Å²) >= 11 is 0. The molecule has 30 atom stereocenters. The van der Waals surface area contributed by atoms with Gasteiger partial charge in [0, 0.05) is 27.9 Å². The molecule has 30 unspecified atom stereocenters. The van der Waals surface area contributed by atoms with E-state index in [9.17, 15) is 110 Å². The molecule has 3 amide bonds. The van der Waals surface area contributed by atoms with Gasteiger partial charge >= 0.3 is 17.9 Å². The Bertz CT molecular complexity index is 2140. The molecule has 6 fully saturated rings. The molecule has 0 spiro atoms. The molecular weight excluding hydrogens is 1100 g/mol. The van der Waals surface area contributed by atoms with Crippen LogP contribution in [0, 0.1) is 0 Å². The first-order valence-electron chi connectivity index (χ1n) is 24.5. The van der Waals surface area contributed by atoms with E-state index in [1.54, 1.807) is 0 Å². The molecule has 6 aliphatic rings. The van der Waals surface area contributed by atoms with Crippen molar-refractivity contribution in [3.8, 4) is 0 Å². The highest BCUT2D eigenvalue weighted by molar-refractivity contribution is 5.75. The summed E-state index contributed by atoms with van der Waals surface area (Å²) in [6, 6.07) is -5.43. The summed E-state index contributed by atoms with van der Waals surface area (Å²) in [4.78, 5) is 74.2. The van der Waals surface area contributed by atoms with Crippen LogP contribution in [0.5, 0.6) is 0 Å². The van der Waals surface area contributed by atoms with Crippen LogP contribution >= 0.6 is 0 Å². The Morgan fingerprint density at radius 1 is 0.362 bits per heavy atom. The monoisotopic (exact) mass is 1170 g/mol. The highest BCUT2D eigenvalue weighted by Gasteiger charge is 2.60. The number of carboxylic acid groups (broad SMARTS) is 3. The van der Waals surface area contributed by atoms with E-state index in [-0.39, 0.29) is 0 Å². The number of carbonyl (C=O) groups excluding carboxylic acids is 3. The van der Waals surface area contributed by atoms with E-state index in [1.165, 1.54) is 0 Å². The number of carbonyl (C=O) groups is 6. The first-order chi connectivity index (χ1) is 37.6. The van der Waals surface area contributed by atoms with Crippen molar-refractivity contribution in [2.75, 3.05) is 26.9 Å². The molecule has 0 bridgehead atoms. The number of aliphatic carboxylic acids is 3. The standard InChI is InChI=1S/C43H67N3O34/c1-8(50)44-14-17(53)26(11(5-47)70-38(14)68)73-42-24(60)21(57)30(33(79-42)36(64)65)76-40-16(46-10(3)52)19(55)28(13(7-49)72-40)75-43-25(61)22(58)31(34(80-43)37(66)67)77-39-15(45-9(2)51)18(54)27(12(6-48)71-39)74-41-23(59)20(56)29(69-4)32(78-41)35(62)63/h11-34,38-43,47-49,53-61,68H,5-7H2,1-4H3,(H,44,50)(H,45,51)(H,46,52)(H,62,63)(H,64,65)(H,66,67). The van der Waals surface area contributed by atoms with E-state index in [1.807, 2.05) is 0 Å². The lowest BCUT2D eigenvalue weighted by molar-refractivity contribution is -0.379. The summed E-state index contributed by atoms with van der Waals surface area (Å²) in [5.41, 5.74) is 0. The zero-order valence-electron chi connectivity index (χ0n) is 42.4. The number of carboxylic acids is 3. The lowest BCUT2D eigenvalue weighted by Crippen LogP contribution is -2.71. The van der Waals surface area contributed by atoms with Crippen molar-refractivity contribution >= 4 is 35.6 Å². The maximum absolute atomic E-state index is 12.8. The minimum atomic E-state index is -2.45. The van der Waals surface area contributed by atoms with Gasteiger partial charge in [0.1, 0.15) is 128 Å². The fraction of sp³-hybridized carbons (Fsp3) is 0.860. The number of rotatable bonds is 20. The van der Waals surface area contributed by atoms with Crippen LogP contribution in [0.2, 0.25) is 0 Å². The van der Waals surface area contributed by atoms with Crippen molar-refractivity contribution in [3.05, 3.63) is 0 Å². The Balaban J connectivity index is 1.18. The number of methoxy groups -OCH3 is 1. The summed E-state index contributed by atoms with van der Waals surface area (Å²) < 4.78 is 66.3. The molecule has 0 aliphatic carbocycles. The lowest BCUT2D eigenvalue weighted by Gasteiger charge is -2.50. The van der Waals surface area contributed by atoms with Crippen LogP contribution in [0.4, 0.5) is 0 Å². The van der Waals surface area contributed by atoms with E-state index in [0.29, 0.717) is 0 Å². The van der Waals surface area contributed by atoms with Crippen LogP contribution in [-0.2, 0) is 85.6 Å². The van der Waals surface area contributed by atoms with Crippen molar-refractivity contribution in [2.24, 2.45) is 0 Å². The molecule has 0 radical (unpaired) electrons. The zero-order chi connectivity index (χ0) is 59.5. The minimum Gasteiger partial charge on any atom is -0.479 e. The topological polar surface area (TPSA) is 573 Å². The highest BCUT2D eigenvalue weighted by atomic mass is 16.8. The molecule has 80 heavy (non-hydrogen) atoms. The summed E-state index contributed by atoms with van der Waals surface area (Å²) in [7, 11) is 1.02. The van der Waals surface area contributed by atoms with Crippen LogP contribution in [0.25, 0.3) is 0 Å². The number of aliphatic hydroxyl groups excluding tert-OH is 13. The molecule has 37 heteroatoms. The summed E-state index contributed by atoms with van der Waals surface area (Å²) in [5, 5.41) is 179. The molecule has 19 N–H and O–H groups in total. The Hall–Kier alpha value is -4.18. The molecule has 37 nitrogen and oxygen atoms in total. The average molecular weight is 1170 g/mol. The number of amides is 3. The maximum atomic E-state index is 12.8. The van der Waals surface area contributed by atoms with Crippen molar-refractivity contribution in [2.45, 2.75) is 205 Å². The molecule has 0 aromatic carbocycles. The first kappa shape index (κ1) is 65.0. The quantitative estimate of drug-likeness (QED) is 0.0538. The summed E-state index contributed by atoms with van der Waals surface area (Å²) in [6.07, 6.45) is -56.6. The Kier molecular flexibility index (Phi) is 22.3. The number of nitrogens with one attached hydrogen (secondary N) is 3. The number of hydrogen-bond donors (Lipinski definition) is 19. The van der Waals surface area contributed by atoms with E-state index in [0.717, 1.165) is 27.9 Å². The molecule has 6 saturated heterocycles. The number of hydrogen-bond acceptors (Lipinski definition) is 31. The third-order valence-electron chi connectivity index (χ3n) is 13.8. The second-order valence-electron chi connectivity index (χ2n) is 19.3. The molecule has 6 heterocycles. The van der Waals surface area contributed by atoms with Crippen molar-refractivity contribution in [1.29, 1.82) is 0 Å². The second kappa shape index (κ2) is 27.5. The van der Waals surface area contributed by atoms with Crippen LogP contribution in [0.1, 0.15) is 20.8 Å². The first-order valence-corrected chi connectivity index (χ1v) is 24.5. The molecule has 458 valence electrons. The van der Waals surface area contributed by atoms with Crippen molar-refractivity contribution in [3.63, 3.8) is 0 Å². The zero-order valence-corrected chi connectivity index (χ0v) is 42.4. The molecule has 0 aromatic heterocycles. The van der Waals surface area contributed by atoms with Gasteiger partial charge in [0.15, 0.2) is 56.1 Å². The van der Waals surface area contributed by atoms with Crippen LogP contribution < -0.4 is 16.0 Å². The largest absolute Gasteiger partial charge is 0.479 e. The molecule has 0 aromatic rings. The molecule has 6 aliphatic heterocycles. The van der Waals surface area contributed by atoms with Gasteiger partial charge in [0.25, 0.3) is 0 Å². The summed E-state index contributed by atoms with van der Waals surface area (Å²) in [5.74, 6) is -8.18. The summed E-state index contributed by atoms with van der Waals surface area (Å²) in [6.45, 7) is -0.364. The van der Waals surface area contributed by atoms with Gasteiger partial charge in [-0.15, -0.1) is 0 Å². The van der Waals surface area contributed by atoms with E-state index >= 15 is 0 Å². The van der Waals surface area contributed by atoms with E-state index < -0.39 is 239 Å². The molecule has 0 saturated carbocycles. The van der Waals surface area contributed by atoms with Gasteiger partial charge in [-0.2, -0.15) is 0 Å². The maximum Gasteiger partial charge on any atom is 0.335 e. The Morgan fingerprint density at radius 2 is 0.637 bits per heavy atom. The fourth-order valence-electron chi connectivity index (χ4n) is 9.91. The SMILES string of the molecule is COC1C(C(=O)O)OC(OC2C(CO)OC(OC3C(C(=O)O)OC(OC4C(CO)OC(OC5C(C(=O)O)OC(OC6C(CO)OC(O)C(NC(C)=O)C6O)C(O)C5O)C(NC(C)=O)C4O)C(O)C3O)C(NC(C)=O)C2O)C(O)C1O. The number of aliphatic hydroxyl groups is 13. The van der Waals surface area contributed by atoms with Gasteiger partial charge in [0.05, 0.1) is 19.8 Å². The van der Waals surface area contributed by atoms with Crippen molar-refractivity contribution in [1.82, 2.24) is 16.0 Å². The van der Waals surface area contributed by atoms with Gasteiger partial charge in [-0.25, -0.2) is 14.4 Å². The van der Waals surface area contributed by atoms with Gasteiger partial charge < -0.3 is 154 Å². The van der Waals surface area contributed by atoms with E-state index in [4.69, 9.17) is 56.8 Å². The predicted molar refractivity (Wildman–Crippen MR) is 240 cm³/mol. The fourth-order valence-corrected chi connectivity index (χ4v) is 9.91. The molecule has 6 rings (SSSR count). The van der Waals surface area contributed by atoms with Gasteiger partial charge in [-0.3, -0.25) is 14.4 Å². The van der Waals surface area contributed by atoms with Crippen LogP contribution in [0.3, 0.4) is 0 Å². The number of ether oxygens (including phenoxy) is 12. The van der Waals surface area contributed by atoms with Crippen molar-refractivity contribution < 1.29 is 167 Å². The van der Waals surface area contributed by atoms with Gasteiger partial charge in [0.2, 0.25) is 17.7 Å². The third-order valence-corrected chi connectivity index (χ3v) is 13.8. The normalized spacial score (nSPS) is 46.2. The second-order valence-corrected chi connectivity index (χ2v) is 19.3.